The Hall–Kier alpha value is -2.88. The van der Waals surface area contributed by atoms with Gasteiger partial charge in [-0.2, -0.15) is 4.98 Å². The maximum absolute atomic E-state index is 11.7. The molecule has 0 unspecified atom stereocenters. The average molecular weight is 366 g/mol. The van der Waals surface area contributed by atoms with E-state index in [1.807, 2.05) is 0 Å². The summed E-state index contributed by atoms with van der Waals surface area (Å²) in [5.74, 6) is -0.236. The standard InChI is InChI=1S/C15H18N4O5S/c1-4-24-14(20)10-8-17-15(19-13(10)16)18-11-6-5-9(25(3,21)22)7-12(11)23-2/h5-8H,4H2,1-3H3,(H3,16,17,18,19). The molecule has 1 aromatic heterocycles. The Balaban J connectivity index is 2.31. The average Bonchev–Trinajstić information content (AvgIpc) is 2.54. The van der Waals surface area contributed by atoms with Crippen molar-refractivity contribution in [1.29, 1.82) is 0 Å². The van der Waals surface area contributed by atoms with Gasteiger partial charge in [-0.15, -0.1) is 0 Å². The third-order valence-electron chi connectivity index (χ3n) is 3.16. The number of nitrogens with one attached hydrogen (secondary N) is 1. The molecule has 1 heterocycles. The van der Waals surface area contributed by atoms with Crippen LogP contribution in [0.5, 0.6) is 5.75 Å². The van der Waals surface area contributed by atoms with E-state index in [4.69, 9.17) is 15.2 Å². The fourth-order valence-electron chi connectivity index (χ4n) is 1.95. The maximum atomic E-state index is 11.7. The van der Waals surface area contributed by atoms with Crippen LogP contribution in [0.25, 0.3) is 0 Å². The van der Waals surface area contributed by atoms with Crippen molar-refractivity contribution in [3.63, 3.8) is 0 Å². The van der Waals surface area contributed by atoms with E-state index < -0.39 is 15.8 Å². The van der Waals surface area contributed by atoms with Crippen molar-refractivity contribution in [2.75, 3.05) is 31.0 Å². The predicted octanol–water partition coefficient (Wildman–Crippen LogP) is 1.39. The van der Waals surface area contributed by atoms with Gasteiger partial charge in [-0.25, -0.2) is 18.2 Å². The topological polar surface area (TPSA) is 134 Å². The molecule has 2 rings (SSSR count). The van der Waals surface area contributed by atoms with Crippen LogP contribution >= 0.6 is 0 Å². The molecule has 0 aliphatic rings. The number of ether oxygens (including phenoxy) is 2. The van der Waals surface area contributed by atoms with Crippen molar-refractivity contribution < 1.29 is 22.7 Å². The first-order chi connectivity index (χ1) is 11.8. The summed E-state index contributed by atoms with van der Waals surface area (Å²) < 4.78 is 33.3. The van der Waals surface area contributed by atoms with Gasteiger partial charge >= 0.3 is 5.97 Å². The van der Waals surface area contributed by atoms with Crippen LogP contribution in [0.3, 0.4) is 0 Å². The van der Waals surface area contributed by atoms with Gasteiger partial charge in [-0.1, -0.05) is 0 Å². The summed E-state index contributed by atoms with van der Waals surface area (Å²) in [4.78, 5) is 19.8. The molecular formula is C15H18N4O5S. The number of hydrogen-bond donors (Lipinski definition) is 2. The zero-order chi connectivity index (χ0) is 18.6. The molecule has 0 aliphatic heterocycles. The van der Waals surface area contributed by atoms with Crippen molar-refractivity contribution in [3.05, 3.63) is 30.0 Å². The van der Waals surface area contributed by atoms with Crippen LogP contribution in [-0.2, 0) is 14.6 Å². The van der Waals surface area contributed by atoms with Crippen molar-refractivity contribution in [3.8, 4) is 5.75 Å². The van der Waals surface area contributed by atoms with Crippen LogP contribution < -0.4 is 15.8 Å². The summed E-state index contributed by atoms with van der Waals surface area (Å²) in [5, 5.41) is 2.87. The van der Waals surface area contributed by atoms with E-state index in [2.05, 4.69) is 15.3 Å². The number of nitrogen functional groups attached to an aromatic ring is 1. The monoisotopic (exact) mass is 366 g/mol. The zero-order valence-corrected chi connectivity index (χ0v) is 14.8. The van der Waals surface area contributed by atoms with Crippen LogP contribution in [0.4, 0.5) is 17.5 Å². The van der Waals surface area contributed by atoms with Crippen molar-refractivity contribution in [2.24, 2.45) is 0 Å². The molecular weight excluding hydrogens is 348 g/mol. The first kappa shape index (κ1) is 18.5. The van der Waals surface area contributed by atoms with E-state index in [0.29, 0.717) is 11.4 Å². The maximum Gasteiger partial charge on any atom is 0.343 e. The lowest BCUT2D eigenvalue weighted by molar-refractivity contribution is 0.0527. The molecule has 0 saturated carbocycles. The normalized spacial score (nSPS) is 11.0. The van der Waals surface area contributed by atoms with Gasteiger partial charge < -0.3 is 20.5 Å². The van der Waals surface area contributed by atoms with Crippen molar-refractivity contribution >= 4 is 33.3 Å². The number of aromatic nitrogens is 2. The minimum absolute atomic E-state index is 0.0392. The molecule has 0 aliphatic carbocycles. The number of carbonyl (C=O) groups is 1. The lowest BCUT2D eigenvalue weighted by Gasteiger charge is -2.12. The van der Waals surface area contributed by atoms with Gasteiger partial charge in [0.1, 0.15) is 17.1 Å². The quantitative estimate of drug-likeness (QED) is 0.727. The number of carbonyl (C=O) groups excluding carboxylic acids is 1. The van der Waals surface area contributed by atoms with Crippen LogP contribution in [0.2, 0.25) is 0 Å². The molecule has 1 aromatic carbocycles. The molecule has 0 atom stereocenters. The molecule has 0 radical (unpaired) electrons. The van der Waals surface area contributed by atoms with Gasteiger partial charge in [-0.3, -0.25) is 0 Å². The van der Waals surface area contributed by atoms with Crippen molar-refractivity contribution in [1.82, 2.24) is 9.97 Å². The molecule has 10 heteroatoms. The van der Waals surface area contributed by atoms with Gasteiger partial charge in [-0.05, 0) is 19.1 Å². The largest absolute Gasteiger partial charge is 0.495 e. The first-order valence-corrected chi connectivity index (χ1v) is 9.10. The minimum atomic E-state index is -3.36. The van der Waals surface area contributed by atoms with E-state index in [0.717, 1.165) is 6.26 Å². The molecule has 25 heavy (non-hydrogen) atoms. The summed E-state index contributed by atoms with van der Waals surface area (Å²) >= 11 is 0. The highest BCUT2D eigenvalue weighted by molar-refractivity contribution is 7.90. The van der Waals surface area contributed by atoms with E-state index >= 15 is 0 Å². The third kappa shape index (κ3) is 4.35. The van der Waals surface area contributed by atoms with Gasteiger partial charge in [0.05, 0.1) is 24.3 Å². The van der Waals surface area contributed by atoms with E-state index in [1.165, 1.54) is 31.5 Å². The fourth-order valence-corrected chi connectivity index (χ4v) is 2.58. The number of nitrogens with two attached hydrogens (primary N) is 1. The Morgan fingerprint density at radius 1 is 1.36 bits per heavy atom. The summed E-state index contributed by atoms with van der Waals surface area (Å²) in [7, 11) is -1.95. The highest BCUT2D eigenvalue weighted by Crippen LogP contribution is 2.29. The van der Waals surface area contributed by atoms with Crippen LogP contribution in [0.15, 0.2) is 29.3 Å². The molecule has 0 spiro atoms. The summed E-state index contributed by atoms with van der Waals surface area (Å²) in [6.07, 6.45) is 2.35. The molecule has 0 bridgehead atoms. The predicted molar refractivity (Wildman–Crippen MR) is 91.8 cm³/mol. The van der Waals surface area contributed by atoms with E-state index in [9.17, 15) is 13.2 Å². The zero-order valence-electron chi connectivity index (χ0n) is 13.9. The fraction of sp³-hybridized carbons (Fsp3) is 0.267. The lowest BCUT2D eigenvalue weighted by Crippen LogP contribution is -2.11. The number of anilines is 3. The van der Waals surface area contributed by atoms with Crippen LogP contribution in [-0.4, -0.2) is 44.3 Å². The van der Waals surface area contributed by atoms with Gasteiger partial charge in [0, 0.05) is 18.5 Å². The van der Waals surface area contributed by atoms with E-state index in [1.54, 1.807) is 6.92 Å². The smallest absolute Gasteiger partial charge is 0.343 e. The van der Waals surface area contributed by atoms with Gasteiger partial charge in [0.2, 0.25) is 5.95 Å². The number of nitrogens with zero attached hydrogens (tertiary/aromatic N) is 2. The second kappa shape index (κ2) is 7.34. The van der Waals surface area contributed by atoms with Gasteiger partial charge in [0.25, 0.3) is 0 Å². The second-order valence-corrected chi connectivity index (χ2v) is 6.99. The van der Waals surface area contributed by atoms with Gasteiger partial charge in [0.15, 0.2) is 9.84 Å². The second-order valence-electron chi connectivity index (χ2n) is 4.97. The summed E-state index contributed by atoms with van der Waals surface area (Å²) in [5.41, 5.74) is 6.26. The molecule has 0 fully saturated rings. The number of sulfone groups is 1. The number of rotatable bonds is 6. The molecule has 9 nitrogen and oxygen atoms in total. The van der Waals surface area contributed by atoms with Crippen molar-refractivity contribution in [2.45, 2.75) is 11.8 Å². The molecule has 0 amide bonds. The third-order valence-corrected chi connectivity index (χ3v) is 4.27. The molecule has 0 saturated heterocycles. The number of benzene rings is 1. The summed E-state index contributed by atoms with van der Waals surface area (Å²) in [6, 6.07) is 4.33. The van der Waals surface area contributed by atoms with E-state index in [-0.39, 0.29) is 28.8 Å². The number of esters is 1. The van der Waals surface area contributed by atoms with Crippen LogP contribution in [0.1, 0.15) is 17.3 Å². The summed E-state index contributed by atoms with van der Waals surface area (Å²) in [6.45, 7) is 1.89. The highest BCUT2D eigenvalue weighted by Gasteiger charge is 2.15. The molecule has 134 valence electrons. The first-order valence-electron chi connectivity index (χ1n) is 7.21. The Labute approximate surface area is 145 Å². The number of methoxy groups -OCH3 is 1. The Morgan fingerprint density at radius 3 is 2.64 bits per heavy atom. The lowest BCUT2D eigenvalue weighted by atomic mass is 10.3. The highest BCUT2D eigenvalue weighted by atomic mass is 32.2. The Morgan fingerprint density at radius 2 is 2.08 bits per heavy atom. The van der Waals surface area contributed by atoms with Crippen LogP contribution in [0, 0.1) is 0 Å². The minimum Gasteiger partial charge on any atom is -0.495 e. The number of hydrogen-bond acceptors (Lipinski definition) is 9. The Bertz CT molecular complexity index is 899. The SMILES string of the molecule is CCOC(=O)c1cnc(Nc2ccc(S(C)(=O)=O)cc2OC)nc1N. The Kier molecular flexibility index (Phi) is 5.42. The molecule has 3 N–H and O–H groups in total. The molecule has 2 aromatic rings.